The third kappa shape index (κ3) is 3.61. The SMILES string of the molecule is CCN1CCC(NC(=O)c2ccc(N)cc2Cl)CC1. The summed E-state index contributed by atoms with van der Waals surface area (Å²) in [6.07, 6.45) is 1.98. The lowest BCUT2D eigenvalue weighted by Gasteiger charge is -2.31. The van der Waals surface area contributed by atoms with Gasteiger partial charge in [-0.05, 0) is 37.6 Å². The first-order valence-electron chi connectivity index (χ1n) is 6.68. The number of likely N-dealkylation sites (tertiary alicyclic amines) is 1. The molecule has 0 spiro atoms. The number of hydrogen-bond acceptors (Lipinski definition) is 3. The van der Waals surface area contributed by atoms with E-state index in [1.54, 1.807) is 18.2 Å². The molecule has 0 aliphatic carbocycles. The van der Waals surface area contributed by atoms with E-state index in [0.717, 1.165) is 32.5 Å². The number of rotatable bonds is 3. The van der Waals surface area contributed by atoms with Gasteiger partial charge in [0.2, 0.25) is 0 Å². The summed E-state index contributed by atoms with van der Waals surface area (Å²) in [5.41, 5.74) is 6.68. The monoisotopic (exact) mass is 281 g/mol. The van der Waals surface area contributed by atoms with Gasteiger partial charge in [0.15, 0.2) is 0 Å². The minimum absolute atomic E-state index is 0.111. The van der Waals surface area contributed by atoms with Crippen LogP contribution in [-0.4, -0.2) is 36.5 Å². The smallest absolute Gasteiger partial charge is 0.253 e. The average molecular weight is 282 g/mol. The molecule has 1 aliphatic rings. The maximum absolute atomic E-state index is 12.1. The molecule has 0 bridgehead atoms. The van der Waals surface area contributed by atoms with Gasteiger partial charge in [-0.2, -0.15) is 0 Å². The van der Waals surface area contributed by atoms with Crippen LogP contribution >= 0.6 is 11.6 Å². The van der Waals surface area contributed by atoms with E-state index in [1.165, 1.54) is 0 Å². The number of benzene rings is 1. The number of nitrogens with zero attached hydrogens (tertiary/aromatic N) is 1. The van der Waals surface area contributed by atoms with Crippen LogP contribution in [0.1, 0.15) is 30.1 Å². The molecule has 1 aromatic carbocycles. The lowest BCUT2D eigenvalue weighted by atomic mass is 10.0. The average Bonchev–Trinajstić information content (AvgIpc) is 2.39. The van der Waals surface area contributed by atoms with Crippen molar-refractivity contribution in [3.05, 3.63) is 28.8 Å². The van der Waals surface area contributed by atoms with Gasteiger partial charge in [0.25, 0.3) is 5.91 Å². The molecule has 5 heteroatoms. The molecule has 104 valence electrons. The topological polar surface area (TPSA) is 58.4 Å². The Labute approximate surface area is 118 Å². The Bertz CT molecular complexity index is 456. The van der Waals surface area contributed by atoms with Crippen LogP contribution in [0.2, 0.25) is 5.02 Å². The first kappa shape index (κ1) is 14.2. The third-order valence-electron chi connectivity index (χ3n) is 3.61. The van der Waals surface area contributed by atoms with Gasteiger partial charge in [0.1, 0.15) is 0 Å². The van der Waals surface area contributed by atoms with Gasteiger partial charge >= 0.3 is 0 Å². The number of amides is 1. The molecule has 1 aromatic rings. The fourth-order valence-corrected chi connectivity index (χ4v) is 2.65. The highest BCUT2D eigenvalue weighted by molar-refractivity contribution is 6.34. The first-order valence-corrected chi connectivity index (χ1v) is 7.06. The van der Waals surface area contributed by atoms with E-state index >= 15 is 0 Å². The van der Waals surface area contributed by atoms with E-state index in [-0.39, 0.29) is 11.9 Å². The summed E-state index contributed by atoms with van der Waals surface area (Å²) >= 11 is 6.04. The van der Waals surface area contributed by atoms with Crippen molar-refractivity contribution in [2.24, 2.45) is 0 Å². The fraction of sp³-hybridized carbons (Fsp3) is 0.500. The fourth-order valence-electron chi connectivity index (χ4n) is 2.37. The molecule has 1 amide bonds. The molecule has 0 unspecified atom stereocenters. The van der Waals surface area contributed by atoms with Crippen molar-refractivity contribution < 1.29 is 4.79 Å². The van der Waals surface area contributed by atoms with Crippen LogP contribution in [0.15, 0.2) is 18.2 Å². The maximum atomic E-state index is 12.1. The van der Waals surface area contributed by atoms with Crippen LogP contribution in [0.3, 0.4) is 0 Å². The van der Waals surface area contributed by atoms with Crippen molar-refractivity contribution in [2.75, 3.05) is 25.4 Å². The highest BCUT2D eigenvalue weighted by Gasteiger charge is 2.21. The largest absolute Gasteiger partial charge is 0.399 e. The zero-order valence-electron chi connectivity index (χ0n) is 11.2. The Balaban J connectivity index is 1.94. The molecule has 4 nitrogen and oxygen atoms in total. The number of anilines is 1. The van der Waals surface area contributed by atoms with E-state index < -0.39 is 0 Å². The molecular formula is C14H20ClN3O. The van der Waals surface area contributed by atoms with Crippen LogP contribution in [0, 0.1) is 0 Å². The predicted octanol–water partition coefficient (Wildman–Crippen LogP) is 2.14. The maximum Gasteiger partial charge on any atom is 0.253 e. The number of nitrogens with two attached hydrogens (primary N) is 1. The highest BCUT2D eigenvalue weighted by atomic mass is 35.5. The van der Waals surface area contributed by atoms with Gasteiger partial charge < -0.3 is 16.0 Å². The highest BCUT2D eigenvalue weighted by Crippen LogP contribution is 2.20. The summed E-state index contributed by atoms with van der Waals surface area (Å²) < 4.78 is 0. The lowest BCUT2D eigenvalue weighted by molar-refractivity contribution is 0.0913. The summed E-state index contributed by atoms with van der Waals surface area (Å²) in [5.74, 6) is -0.111. The second-order valence-corrected chi connectivity index (χ2v) is 5.33. The van der Waals surface area contributed by atoms with Gasteiger partial charge in [-0.3, -0.25) is 4.79 Å². The Hall–Kier alpha value is -1.26. The summed E-state index contributed by atoms with van der Waals surface area (Å²) in [7, 11) is 0. The molecule has 19 heavy (non-hydrogen) atoms. The van der Waals surface area contributed by atoms with Gasteiger partial charge in [0.05, 0.1) is 10.6 Å². The Kier molecular flexibility index (Phi) is 4.66. The summed E-state index contributed by atoms with van der Waals surface area (Å²) in [6.45, 7) is 5.31. The lowest BCUT2D eigenvalue weighted by Crippen LogP contribution is -2.44. The molecule has 1 heterocycles. The molecule has 1 fully saturated rings. The molecule has 1 aliphatic heterocycles. The number of carbonyl (C=O) groups is 1. The normalized spacial score (nSPS) is 17.4. The quantitative estimate of drug-likeness (QED) is 0.835. The van der Waals surface area contributed by atoms with Crippen molar-refractivity contribution in [1.82, 2.24) is 10.2 Å². The minimum Gasteiger partial charge on any atom is -0.399 e. The molecule has 3 N–H and O–H groups in total. The molecule has 1 saturated heterocycles. The van der Waals surface area contributed by atoms with E-state index in [0.29, 0.717) is 16.3 Å². The van der Waals surface area contributed by atoms with E-state index in [4.69, 9.17) is 17.3 Å². The molecule has 0 radical (unpaired) electrons. The Morgan fingerprint density at radius 2 is 2.16 bits per heavy atom. The van der Waals surface area contributed by atoms with Crippen LogP contribution in [-0.2, 0) is 0 Å². The summed E-state index contributed by atoms with van der Waals surface area (Å²) in [4.78, 5) is 14.5. The zero-order chi connectivity index (χ0) is 13.8. The van der Waals surface area contributed by atoms with Gasteiger partial charge in [-0.1, -0.05) is 18.5 Å². The van der Waals surface area contributed by atoms with Crippen molar-refractivity contribution >= 4 is 23.2 Å². The van der Waals surface area contributed by atoms with Gasteiger partial charge in [-0.25, -0.2) is 0 Å². The number of piperidine rings is 1. The van der Waals surface area contributed by atoms with Crippen LogP contribution in [0.25, 0.3) is 0 Å². The number of carbonyl (C=O) groups excluding carboxylic acids is 1. The Morgan fingerprint density at radius 3 is 2.74 bits per heavy atom. The predicted molar refractivity (Wildman–Crippen MR) is 78.5 cm³/mol. The van der Waals surface area contributed by atoms with E-state index in [2.05, 4.69) is 17.1 Å². The minimum atomic E-state index is -0.111. The van der Waals surface area contributed by atoms with Crippen LogP contribution < -0.4 is 11.1 Å². The number of nitrogen functional groups attached to an aromatic ring is 1. The second kappa shape index (κ2) is 6.26. The summed E-state index contributed by atoms with van der Waals surface area (Å²) in [6, 6.07) is 5.22. The molecule has 0 aromatic heterocycles. The second-order valence-electron chi connectivity index (χ2n) is 4.92. The first-order chi connectivity index (χ1) is 9.10. The van der Waals surface area contributed by atoms with Crippen molar-refractivity contribution in [2.45, 2.75) is 25.8 Å². The standard InChI is InChI=1S/C14H20ClN3O/c1-2-18-7-5-11(6-8-18)17-14(19)12-4-3-10(16)9-13(12)15/h3-4,9,11H,2,5-8,16H2,1H3,(H,17,19). The van der Waals surface area contributed by atoms with Crippen molar-refractivity contribution in [3.63, 3.8) is 0 Å². The zero-order valence-corrected chi connectivity index (χ0v) is 11.9. The van der Waals surface area contributed by atoms with Crippen LogP contribution in [0.5, 0.6) is 0 Å². The van der Waals surface area contributed by atoms with Crippen LogP contribution in [0.4, 0.5) is 5.69 Å². The van der Waals surface area contributed by atoms with Crippen molar-refractivity contribution in [3.8, 4) is 0 Å². The van der Waals surface area contributed by atoms with E-state index in [9.17, 15) is 4.79 Å². The number of nitrogens with one attached hydrogen (secondary N) is 1. The van der Waals surface area contributed by atoms with Gasteiger partial charge in [0, 0.05) is 24.8 Å². The Morgan fingerprint density at radius 1 is 1.47 bits per heavy atom. The molecule has 2 rings (SSSR count). The summed E-state index contributed by atoms with van der Waals surface area (Å²) in [5, 5.41) is 3.46. The third-order valence-corrected chi connectivity index (χ3v) is 3.92. The van der Waals surface area contributed by atoms with E-state index in [1.807, 2.05) is 0 Å². The molecule has 0 atom stereocenters. The van der Waals surface area contributed by atoms with Crippen molar-refractivity contribution in [1.29, 1.82) is 0 Å². The number of halogens is 1. The van der Waals surface area contributed by atoms with Gasteiger partial charge in [-0.15, -0.1) is 0 Å². The number of hydrogen-bond donors (Lipinski definition) is 2. The molecule has 0 saturated carbocycles. The molecular weight excluding hydrogens is 262 g/mol.